The molecule has 2 aromatic heterocycles. The Labute approximate surface area is 140 Å². The number of nitrogens with zero attached hydrogens (tertiary/aromatic N) is 5. The lowest BCUT2D eigenvalue weighted by Gasteiger charge is -2.19. The van der Waals surface area contributed by atoms with E-state index in [1.165, 1.54) is 0 Å². The van der Waals surface area contributed by atoms with Crippen LogP contribution in [-0.2, 0) is 17.3 Å². The molecule has 3 heterocycles. The molecule has 1 saturated heterocycles. The van der Waals surface area contributed by atoms with Crippen LogP contribution in [-0.4, -0.2) is 43.0 Å². The lowest BCUT2D eigenvalue weighted by Crippen LogP contribution is -2.40. The van der Waals surface area contributed by atoms with E-state index in [1.807, 2.05) is 38.6 Å². The minimum Gasteiger partial charge on any atom is -0.368 e. The van der Waals surface area contributed by atoms with Gasteiger partial charge in [0.05, 0.1) is 11.6 Å². The van der Waals surface area contributed by atoms with Crippen LogP contribution in [0.25, 0.3) is 0 Å². The molecule has 1 aliphatic heterocycles. The van der Waals surface area contributed by atoms with Crippen molar-refractivity contribution in [2.45, 2.75) is 44.9 Å². The first kappa shape index (κ1) is 16.4. The van der Waals surface area contributed by atoms with Crippen molar-refractivity contribution < 1.29 is 9.53 Å². The average Bonchev–Trinajstić information content (AvgIpc) is 3.19. The Balaban J connectivity index is 1.62. The highest BCUT2D eigenvalue weighted by Gasteiger charge is 2.33. The number of carbonyl (C=O) groups is 1. The van der Waals surface area contributed by atoms with Gasteiger partial charge in [-0.3, -0.25) is 5.32 Å². The number of rotatable bonds is 3. The summed E-state index contributed by atoms with van der Waals surface area (Å²) >= 11 is 0. The fourth-order valence-corrected chi connectivity index (χ4v) is 2.59. The Morgan fingerprint density at radius 2 is 2.17 bits per heavy atom. The van der Waals surface area contributed by atoms with E-state index in [9.17, 15) is 4.79 Å². The van der Waals surface area contributed by atoms with Crippen LogP contribution in [0.4, 0.5) is 10.7 Å². The molecule has 0 unspecified atom stereocenters. The second-order valence-corrected chi connectivity index (χ2v) is 6.86. The maximum atomic E-state index is 12.2. The number of urea groups is 1. The summed E-state index contributed by atoms with van der Waals surface area (Å²) in [6.07, 6.45) is 5.66. The van der Waals surface area contributed by atoms with Gasteiger partial charge >= 0.3 is 6.03 Å². The van der Waals surface area contributed by atoms with E-state index in [4.69, 9.17) is 4.74 Å². The summed E-state index contributed by atoms with van der Waals surface area (Å²) in [6, 6.07) is -0.493. The molecule has 0 bridgehead atoms. The van der Waals surface area contributed by atoms with Crippen molar-refractivity contribution in [1.29, 1.82) is 0 Å². The fraction of sp³-hybridized carbons (Fsp3) is 0.600. The van der Waals surface area contributed by atoms with Gasteiger partial charge in [-0.25, -0.2) is 19.4 Å². The lowest BCUT2D eigenvalue weighted by molar-refractivity contribution is 0.0913. The van der Waals surface area contributed by atoms with Gasteiger partial charge in [0.25, 0.3) is 0 Å². The third kappa shape index (κ3) is 3.40. The molecule has 130 valence electrons. The summed E-state index contributed by atoms with van der Waals surface area (Å²) in [4.78, 5) is 20.7. The van der Waals surface area contributed by atoms with E-state index >= 15 is 0 Å². The predicted molar refractivity (Wildman–Crippen MR) is 87.5 cm³/mol. The topological polar surface area (TPSA) is 98.9 Å². The number of hydrogen-bond donors (Lipinski definition) is 2. The highest BCUT2D eigenvalue weighted by atomic mass is 16.5. The van der Waals surface area contributed by atoms with Crippen molar-refractivity contribution in [2.24, 2.45) is 7.05 Å². The molecule has 2 atom stereocenters. The van der Waals surface area contributed by atoms with Crippen molar-refractivity contribution in [3.63, 3.8) is 0 Å². The number of anilines is 1. The van der Waals surface area contributed by atoms with E-state index in [-0.39, 0.29) is 29.7 Å². The maximum absolute atomic E-state index is 12.2. The number of aryl methyl sites for hydroxylation is 1. The third-order valence-electron chi connectivity index (χ3n) is 3.93. The fourth-order valence-electron chi connectivity index (χ4n) is 2.59. The highest BCUT2D eigenvalue weighted by Crippen LogP contribution is 2.27. The van der Waals surface area contributed by atoms with Crippen LogP contribution in [0, 0.1) is 0 Å². The van der Waals surface area contributed by atoms with Crippen molar-refractivity contribution >= 4 is 12.0 Å². The van der Waals surface area contributed by atoms with E-state index in [0.717, 1.165) is 12.2 Å². The smallest absolute Gasteiger partial charge is 0.321 e. The van der Waals surface area contributed by atoms with Crippen molar-refractivity contribution in [3.8, 4) is 0 Å². The summed E-state index contributed by atoms with van der Waals surface area (Å²) < 4.78 is 9.33. The molecule has 2 aromatic rings. The Bertz CT molecular complexity index is 715. The lowest BCUT2D eigenvalue weighted by atomic mass is 10.1. The molecular weight excluding hydrogens is 310 g/mol. The number of nitrogens with one attached hydrogen (secondary N) is 2. The number of hydrogen-bond acceptors (Lipinski definition) is 5. The second kappa shape index (κ2) is 6.23. The predicted octanol–water partition coefficient (Wildman–Crippen LogP) is 1.42. The minimum absolute atomic E-state index is 0.143. The summed E-state index contributed by atoms with van der Waals surface area (Å²) in [5.41, 5.74) is -0.188. The van der Waals surface area contributed by atoms with Crippen LogP contribution in [0.5, 0.6) is 0 Å². The molecule has 1 fully saturated rings. The number of ether oxygens (including phenoxy) is 1. The van der Waals surface area contributed by atoms with Crippen LogP contribution in [0.1, 0.15) is 39.1 Å². The number of amides is 2. The molecule has 24 heavy (non-hydrogen) atoms. The zero-order valence-corrected chi connectivity index (χ0v) is 14.4. The van der Waals surface area contributed by atoms with E-state index in [1.54, 1.807) is 17.2 Å². The molecule has 9 nitrogen and oxygen atoms in total. The van der Waals surface area contributed by atoms with Crippen molar-refractivity contribution in [1.82, 2.24) is 29.6 Å². The quantitative estimate of drug-likeness (QED) is 0.885. The van der Waals surface area contributed by atoms with Crippen molar-refractivity contribution in [3.05, 3.63) is 24.5 Å². The number of carbonyl (C=O) groups excluding carboxylic acids is 1. The second-order valence-electron chi connectivity index (χ2n) is 6.86. The summed E-state index contributed by atoms with van der Waals surface area (Å²) in [5.74, 6) is 1.07. The first-order valence-corrected chi connectivity index (χ1v) is 7.93. The minimum atomic E-state index is -0.351. The van der Waals surface area contributed by atoms with Crippen LogP contribution in [0.3, 0.4) is 0 Å². The van der Waals surface area contributed by atoms with Gasteiger partial charge in [-0.15, -0.1) is 5.10 Å². The monoisotopic (exact) mass is 333 g/mol. The molecular formula is C15H23N7O2. The first-order chi connectivity index (χ1) is 11.3. The van der Waals surface area contributed by atoms with Gasteiger partial charge in [0, 0.05) is 26.0 Å². The Morgan fingerprint density at radius 3 is 2.79 bits per heavy atom. The first-order valence-electron chi connectivity index (χ1n) is 7.93. The molecule has 0 saturated carbocycles. The molecule has 9 heteroatoms. The van der Waals surface area contributed by atoms with E-state index in [2.05, 4.69) is 25.7 Å². The maximum Gasteiger partial charge on any atom is 0.321 e. The Hall–Kier alpha value is -2.42. The average molecular weight is 333 g/mol. The summed E-state index contributed by atoms with van der Waals surface area (Å²) in [5, 5.41) is 9.85. The van der Waals surface area contributed by atoms with Crippen molar-refractivity contribution in [2.75, 3.05) is 11.9 Å². The summed E-state index contributed by atoms with van der Waals surface area (Å²) in [7, 11) is 1.91. The van der Waals surface area contributed by atoms with Gasteiger partial charge in [0.1, 0.15) is 18.3 Å². The number of imidazole rings is 1. The number of aromatic nitrogens is 5. The van der Waals surface area contributed by atoms with Gasteiger partial charge in [-0.05, 0) is 27.2 Å². The normalized spacial score (nSPS) is 21.0. The van der Waals surface area contributed by atoms with E-state index < -0.39 is 0 Å². The molecule has 0 radical (unpaired) electrons. The molecule has 2 N–H and O–H groups in total. The SMILES string of the molecule is Cn1ccnc1[C@@H]1OCC[C@H]1NC(=O)Nc1ncn(C(C)(C)C)n1. The van der Waals surface area contributed by atoms with Gasteiger partial charge in [0.2, 0.25) is 5.95 Å². The molecule has 0 aliphatic carbocycles. The molecule has 0 aromatic carbocycles. The van der Waals surface area contributed by atoms with Gasteiger partial charge < -0.3 is 14.6 Å². The van der Waals surface area contributed by atoms with Gasteiger partial charge in [-0.1, -0.05) is 0 Å². The highest BCUT2D eigenvalue weighted by molar-refractivity contribution is 5.87. The zero-order chi connectivity index (χ0) is 17.3. The van der Waals surface area contributed by atoms with Crippen LogP contribution >= 0.6 is 0 Å². The largest absolute Gasteiger partial charge is 0.368 e. The van der Waals surface area contributed by atoms with Crippen LogP contribution in [0.15, 0.2) is 18.7 Å². The van der Waals surface area contributed by atoms with E-state index in [0.29, 0.717) is 6.61 Å². The van der Waals surface area contributed by atoms with Gasteiger partial charge in [0.15, 0.2) is 0 Å². The standard InChI is InChI=1S/C15H23N7O2/c1-15(2,3)22-9-17-13(20-22)19-14(23)18-10-5-8-24-11(10)12-16-6-7-21(12)4/h6-7,9-11H,5,8H2,1-4H3,(H2,18,19,20,23)/t10-,11-/m1/s1. The van der Waals surface area contributed by atoms with Crippen LogP contribution in [0.2, 0.25) is 0 Å². The Kier molecular flexibility index (Phi) is 4.27. The molecule has 2 amide bonds. The Morgan fingerprint density at radius 1 is 1.38 bits per heavy atom. The van der Waals surface area contributed by atoms with Crippen LogP contribution < -0.4 is 10.6 Å². The molecule has 1 aliphatic rings. The van der Waals surface area contributed by atoms with Gasteiger partial charge in [-0.2, -0.15) is 0 Å². The third-order valence-corrected chi connectivity index (χ3v) is 3.93. The zero-order valence-electron chi connectivity index (χ0n) is 14.4. The molecule has 0 spiro atoms. The molecule has 3 rings (SSSR count). The summed E-state index contributed by atoms with van der Waals surface area (Å²) in [6.45, 7) is 6.62.